The van der Waals surface area contributed by atoms with Gasteiger partial charge in [0.05, 0.1) is 11.0 Å². The van der Waals surface area contributed by atoms with Crippen molar-refractivity contribution in [2.24, 2.45) is 0 Å². The van der Waals surface area contributed by atoms with Crippen LogP contribution in [0.4, 0.5) is 5.69 Å². The predicted molar refractivity (Wildman–Crippen MR) is 85.6 cm³/mol. The number of nitrogens with one attached hydrogen (secondary N) is 1. The standard InChI is InChI=1S/C15H22N2O3S/c1-2-21-15-5-3-4-13(15)16-10-14(18)11-6-8-12(9-7-11)17(19)20/h6-9,13-16,18H,2-5,10H2,1H3. The van der Waals surface area contributed by atoms with Gasteiger partial charge in [0.1, 0.15) is 0 Å². The second-order valence-corrected chi connectivity index (χ2v) is 6.82. The summed E-state index contributed by atoms with van der Waals surface area (Å²) in [5.74, 6) is 1.12. The van der Waals surface area contributed by atoms with Crippen molar-refractivity contribution in [2.75, 3.05) is 12.3 Å². The number of nitro benzene ring substituents is 1. The minimum absolute atomic E-state index is 0.0501. The topological polar surface area (TPSA) is 75.4 Å². The van der Waals surface area contributed by atoms with Crippen LogP contribution in [0.15, 0.2) is 24.3 Å². The molecule has 0 heterocycles. The first-order chi connectivity index (χ1) is 10.1. The lowest BCUT2D eigenvalue weighted by molar-refractivity contribution is -0.384. The van der Waals surface area contributed by atoms with E-state index in [-0.39, 0.29) is 5.69 Å². The Labute approximate surface area is 129 Å². The molecule has 3 atom stereocenters. The first-order valence-corrected chi connectivity index (χ1v) is 8.44. The Balaban J connectivity index is 1.86. The van der Waals surface area contributed by atoms with E-state index in [1.54, 1.807) is 12.1 Å². The van der Waals surface area contributed by atoms with Crippen molar-refractivity contribution in [1.29, 1.82) is 0 Å². The van der Waals surface area contributed by atoms with E-state index in [0.29, 0.717) is 23.4 Å². The summed E-state index contributed by atoms with van der Waals surface area (Å²) in [7, 11) is 0. The van der Waals surface area contributed by atoms with Gasteiger partial charge in [-0.05, 0) is 36.3 Å². The third kappa shape index (κ3) is 4.43. The molecule has 0 spiro atoms. The van der Waals surface area contributed by atoms with Gasteiger partial charge in [-0.3, -0.25) is 10.1 Å². The Morgan fingerprint density at radius 1 is 1.43 bits per heavy atom. The summed E-state index contributed by atoms with van der Waals surface area (Å²) in [6, 6.07) is 6.57. The molecule has 2 rings (SSSR count). The largest absolute Gasteiger partial charge is 0.387 e. The van der Waals surface area contributed by atoms with Crippen molar-refractivity contribution >= 4 is 17.4 Å². The van der Waals surface area contributed by atoms with Gasteiger partial charge >= 0.3 is 0 Å². The van der Waals surface area contributed by atoms with E-state index < -0.39 is 11.0 Å². The summed E-state index contributed by atoms with van der Waals surface area (Å²) in [6.07, 6.45) is 3.01. The Kier molecular flexibility index (Phi) is 6.02. The van der Waals surface area contributed by atoms with Gasteiger partial charge in [0.15, 0.2) is 0 Å². The number of non-ortho nitro benzene ring substituents is 1. The summed E-state index contributed by atoms with van der Waals surface area (Å²) >= 11 is 1.98. The average molecular weight is 310 g/mol. The molecule has 1 saturated carbocycles. The van der Waals surface area contributed by atoms with E-state index in [1.807, 2.05) is 11.8 Å². The number of nitrogens with zero attached hydrogens (tertiary/aromatic N) is 1. The van der Waals surface area contributed by atoms with Gasteiger partial charge in [0, 0.05) is 30.0 Å². The van der Waals surface area contributed by atoms with Crippen LogP contribution < -0.4 is 5.32 Å². The number of nitro groups is 1. The SMILES string of the molecule is CCSC1CCCC1NCC(O)c1ccc([N+](=O)[O-])cc1. The zero-order chi connectivity index (χ0) is 15.2. The number of hydrogen-bond donors (Lipinski definition) is 2. The summed E-state index contributed by atoms with van der Waals surface area (Å²) in [4.78, 5) is 10.2. The highest BCUT2D eigenvalue weighted by Gasteiger charge is 2.27. The lowest BCUT2D eigenvalue weighted by atomic mass is 10.1. The van der Waals surface area contributed by atoms with Crippen molar-refractivity contribution in [3.8, 4) is 0 Å². The molecule has 0 bridgehead atoms. The molecule has 0 saturated heterocycles. The summed E-state index contributed by atoms with van der Waals surface area (Å²) in [5, 5.41) is 24.9. The molecule has 2 N–H and O–H groups in total. The van der Waals surface area contributed by atoms with Crippen LogP contribution in [0, 0.1) is 10.1 Å². The van der Waals surface area contributed by atoms with E-state index >= 15 is 0 Å². The van der Waals surface area contributed by atoms with Crippen molar-refractivity contribution < 1.29 is 10.0 Å². The van der Waals surface area contributed by atoms with Crippen molar-refractivity contribution in [3.63, 3.8) is 0 Å². The second-order valence-electron chi connectivity index (χ2n) is 5.30. The van der Waals surface area contributed by atoms with Crippen molar-refractivity contribution in [2.45, 2.75) is 43.6 Å². The molecule has 1 aromatic carbocycles. The van der Waals surface area contributed by atoms with Crippen LogP contribution in [0.3, 0.4) is 0 Å². The molecule has 21 heavy (non-hydrogen) atoms. The van der Waals surface area contributed by atoms with Crippen LogP contribution >= 0.6 is 11.8 Å². The highest BCUT2D eigenvalue weighted by molar-refractivity contribution is 7.99. The molecule has 6 heteroatoms. The van der Waals surface area contributed by atoms with E-state index in [9.17, 15) is 15.2 Å². The van der Waals surface area contributed by atoms with Crippen LogP contribution in [-0.4, -0.2) is 33.6 Å². The first kappa shape index (κ1) is 16.3. The molecule has 1 fully saturated rings. The molecule has 1 aliphatic rings. The third-order valence-corrected chi connectivity index (χ3v) is 5.22. The third-order valence-electron chi connectivity index (χ3n) is 3.90. The highest BCUT2D eigenvalue weighted by Crippen LogP contribution is 2.30. The monoisotopic (exact) mass is 310 g/mol. The minimum atomic E-state index is -0.626. The summed E-state index contributed by atoms with van der Waals surface area (Å²) in [5.41, 5.74) is 0.764. The maximum Gasteiger partial charge on any atom is 0.269 e. The Morgan fingerprint density at radius 3 is 2.76 bits per heavy atom. The lowest BCUT2D eigenvalue weighted by Gasteiger charge is -2.22. The van der Waals surface area contributed by atoms with Gasteiger partial charge in [0.2, 0.25) is 0 Å². The number of thioether (sulfide) groups is 1. The number of hydrogen-bond acceptors (Lipinski definition) is 5. The zero-order valence-electron chi connectivity index (χ0n) is 12.2. The predicted octanol–water partition coefficient (Wildman–Crippen LogP) is 2.89. The number of aliphatic hydroxyl groups excluding tert-OH is 1. The fraction of sp³-hybridized carbons (Fsp3) is 0.600. The first-order valence-electron chi connectivity index (χ1n) is 7.39. The van der Waals surface area contributed by atoms with E-state index in [4.69, 9.17) is 0 Å². The van der Waals surface area contributed by atoms with Gasteiger partial charge in [-0.1, -0.05) is 13.3 Å². The fourth-order valence-electron chi connectivity index (χ4n) is 2.77. The molecule has 0 amide bonds. The molecule has 1 aromatic rings. The summed E-state index contributed by atoms with van der Waals surface area (Å²) < 4.78 is 0. The smallest absolute Gasteiger partial charge is 0.269 e. The number of rotatable bonds is 7. The van der Waals surface area contributed by atoms with E-state index in [1.165, 1.54) is 25.0 Å². The van der Waals surface area contributed by atoms with Crippen molar-refractivity contribution in [1.82, 2.24) is 5.32 Å². The van der Waals surface area contributed by atoms with E-state index in [2.05, 4.69) is 12.2 Å². The van der Waals surface area contributed by atoms with Crippen LogP contribution in [0.25, 0.3) is 0 Å². The lowest BCUT2D eigenvalue weighted by Crippen LogP contribution is -2.37. The molecule has 5 nitrogen and oxygen atoms in total. The van der Waals surface area contributed by atoms with Gasteiger partial charge in [-0.25, -0.2) is 0 Å². The molecular weight excluding hydrogens is 288 g/mol. The maximum atomic E-state index is 10.6. The maximum absolute atomic E-state index is 10.6. The van der Waals surface area contributed by atoms with Gasteiger partial charge in [-0.15, -0.1) is 0 Å². The van der Waals surface area contributed by atoms with Crippen LogP contribution in [0.1, 0.15) is 37.9 Å². The molecule has 0 aromatic heterocycles. The Hall–Kier alpha value is -1.11. The van der Waals surface area contributed by atoms with Crippen molar-refractivity contribution in [3.05, 3.63) is 39.9 Å². The minimum Gasteiger partial charge on any atom is -0.387 e. The Bertz CT molecular complexity index is 466. The molecule has 0 aliphatic heterocycles. The van der Waals surface area contributed by atoms with Crippen LogP contribution in [0.5, 0.6) is 0 Å². The summed E-state index contributed by atoms with van der Waals surface area (Å²) in [6.45, 7) is 2.66. The number of benzene rings is 1. The number of aliphatic hydroxyl groups is 1. The average Bonchev–Trinajstić information content (AvgIpc) is 2.92. The Morgan fingerprint density at radius 2 is 2.14 bits per heavy atom. The molecule has 0 radical (unpaired) electrons. The van der Waals surface area contributed by atoms with Crippen LogP contribution in [0.2, 0.25) is 0 Å². The van der Waals surface area contributed by atoms with Gasteiger partial charge in [0.25, 0.3) is 5.69 Å². The second kappa shape index (κ2) is 7.77. The van der Waals surface area contributed by atoms with Gasteiger partial charge < -0.3 is 10.4 Å². The normalized spacial score (nSPS) is 23.1. The highest BCUT2D eigenvalue weighted by atomic mass is 32.2. The quantitative estimate of drug-likeness (QED) is 0.598. The molecule has 1 aliphatic carbocycles. The molecule has 3 unspecified atom stereocenters. The molecule has 116 valence electrons. The fourth-order valence-corrected chi connectivity index (χ4v) is 4.00. The van der Waals surface area contributed by atoms with Gasteiger partial charge in [-0.2, -0.15) is 11.8 Å². The van der Waals surface area contributed by atoms with E-state index in [0.717, 1.165) is 12.2 Å². The molecular formula is C15H22N2O3S. The zero-order valence-corrected chi connectivity index (χ0v) is 13.0. The van der Waals surface area contributed by atoms with Crippen LogP contribution in [-0.2, 0) is 0 Å².